The monoisotopic (exact) mass is 299 g/mol. The molecule has 3 heteroatoms. The van der Waals surface area contributed by atoms with Crippen molar-refractivity contribution >= 4 is 15.9 Å². The van der Waals surface area contributed by atoms with E-state index in [9.17, 15) is 4.39 Å². The van der Waals surface area contributed by atoms with Gasteiger partial charge in [-0.1, -0.05) is 25.8 Å². The second kappa shape index (κ2) is 5.49. The minimum atomic E-state index is -0.198. The summed E-state index contributed by atoms with van der Waals surface area (Å²) in [6.45, 7) is 4.23. The highest BCUT2D eigenvalue weighted by Crippen LogP contribution is 2.36. The first-order valence-corrected chi connectivity index (χ1v) is 7.03. The maximum Gasteiger partial charge on any atom is 0.137 e. The van der Waals surface area contributed by atoms with Gasteiger partial charge >= 0.3 is 0 Å². The molecule has 0 saturated heterocycles. The van der Waals surface area contributed by atoms with Gasteiger partial charge in [0.05, 0.1) is 4.47 Å². The molecule has 0 aliphatic heterocycles. The minimum absolute atomic E-state index is 0.198. The lowest BCUT2D eigenvalue weighted by Gasteiger charge is -2.23. The van der Waals surface area contributed by atoms with Gasteiger partial charge in [0.25, 0.3) is 0 Å². The first-order chi connectivity index (χ1) is 8.09. The second-order valence-electron chi connectivity index (χ2n) is 5.37. The molecule has 94 valence electrons. The average Bonchev–Trinajstić information content (AvgIpc) is 2.71. The molecule has 0 aromatic heterocycles. The standard InChI is InChI=1S/C14H19BrFN/c1-14(6-2-3-7-14)10-17-9-11-4-5-13(16)12(15)8-11/h4-5,8,17H,2-3,6-7,9-10H2,1H3. The van der Waals surface area contributed by atoms with Gasteiger partial charge < -0.3 is 5.32 Å². The number of halogens is 2. The zero-order valence-electron chi connectivity index (χ0n) is 10.2. The Kier molecular flexibility index (Phi) is 4.21. The zero-order chi connectivity index (χ0) is 12.3. The zero-order valence-corrected chi connectivity index (χ0v) is 11.8. The summed E-state index contributed by atoms with van der Waals surface area (Å²) in [5.74, 6) is -0.198. The Bertz CT molecular complexity index is 386. The largest absolute Gasteiger partial charge is 0.312 e. The van der Waals surface area contributed by atoms with Gasteiger partial charge in [-0.25, -0.2) is 4.39 Å². The molecule has 1 saturated carbocycles. The molecule has 17 heavy (non-hydrogen) atoms. The summed E-state index contributed by atoms with van der Waals surface area (Å²) in [6.07, 6.45) is 5.38. The van der Waals surface area contributed by atoms with Crippen LogP contribution in [0, 0.1) is 11.2 Å². The molecule has 2 rings (SSSR count). The molecular weight excluding hydrogens is 281 g/mol. The molecule has 1 aliphatic carbocycles. The Labute approximate surface area is 111 Å². The molecule has 1 aromatic carbocycles. The van der Waals surface area contributed by atoms with Crippen molar-refractivity contribution < 1.29 is 4.39 Å². The quantitative estimate of drug-likeness (QED) is 0.876. The van der Waals surface area contributed by atoms with E-state index in [0.717, 1.165) is 18.7 Å². The van der Waals surface area contributed by atoms with Gasteiger partial charge in [-0.05, 0) is 51.9 Å². The SMILES string of the molecule is CC1(CNCc2ccc(F)c(Br)c2)CCCC1. The van der Waals surface area contributed by atoms with Crippen molar-refractivity contribution in [3.8, 4) is 0 Å². The molecule has 0 atom stereocenters. The number of nitrogens with one attached hydrogen (secondary N) is 1. The van der Waals surface area contributed by atoms with Crippen LogP contribution in [0.1, 0.15) is 38.2 Å². The van der Waals surface area contributed by atoms with Crippen LogP contribution in [-0.2, 0) is 6.54 Å². The van der Waals surface area contributed by atoms with Gasteiger partial charge in [-0.3, -0.25) is 0 Å². The topological polar surface area (TPSA) is 12.0 Å². The van der Waals surface area contributed by atoms with Crippen LogP contribution in [-0.4, -0.2) is 6.54 Å². The summed E-state index contributed by atoms with van der Waals surface area (Å²) in [5.41, 5.74) is 1.59. The van der Waals surface area contributed by atoms with E-state index in [1.807, 2.05) is 12.1 Å². The van der Waals surface area contributed by atoms with Crippen molar-refractivity contribution in [3.05, 3.63) is 34.1 Å². The summed E-state index contributed by atoms with van der Waals surface area (Å²) in [6, 6.07) is 5.20. The molecule has 1 aliphatic rings. The van der Waals surface area contributed by atoms with E-state index in [0.29, 0.717) is 9.89 Å². The van der Waals surface area contributed by atoms with Crippen molar-refractivity contribution in [2.45, 2.75) is 39.2 Å². The summed E-state index contributed by atoms with van der Waals surface area (Å²) in [4.78, 5) is 0. The predicted molar refractivity (Wildman–Crippen MR) is 72.4 cm³/mol. The fourth-order valence-corrected chi connectivity index (χ4v) is 2.99. The van der Waals surface area contributed by atoms with E-state index in [4.69, 9.17) is 0 Å². The van der Waals surface area contributed by atoms with Gasteiger partial charge in [0.2, 0.25) is 0 Å². The van der Waals surface area contributed by atoms with E-state index in [1.54, 1.807) is 0 Å². The third-order valence-corrected chi connectivity index (χ3v) is 4.28. The van der Waals surface area contributed by atoms with Crippen LogP contribution in [0.5, 0.6) is 0 Å². The van der Waals surface area contributed by atoms with Crippen LogP contribution in [0.3, 0.4) is 0 Å². The molecule has 0 radical (unpaired) electrons. The maximum absolute atomic E-state index is 13.1. The normalized spacial score (nSPS) is 18.5. The summed E-state index contributed by atoms with van der Waals surface area (Å²) in [5, 5.41) is 3.49. The smallest absolute Gasteiger partial charge is 0.137 e. The van der Waals surface area contributed by atoms with Gasteiger partial charge in [0.15, 0.2) is 0 Å². The third kappa shape index (κ3) is 3.52. The molecule has 1 N–H and O–H groups in total. The fourth-order valence-electron chi connectivity index (χ4n) is 2.56. The molecule has 1 nitrogen and oxygen atoms in total. The predicted octanol–water partition coefficient (Wildman–Crippen LogP) is 4.26. The van der Waals surface area contributed by atoms with E-state index < -0.39 is 0 Å². The van der Waals surface area contributed by atoms with Crippen molar-refractivity contribution in [3.63, 3.8) is 0 Å². The number of hydrogen-bond acceptors (Lipinski definition) is 1. The lowest BCUT2D eigenvalue weighted by Crippen LogP contribution is -2.29. The Balaban J connectivity index is 1.83. The number of hydrogen-bond donors (Lipinski definition) is 1. The number of rotatable bonds is 4. The number of benzene rings is 1. The fraction of sp³-hybridized carbons (Fsp3) is 0.571. The Hall–Kier alpha value is -0.410. The van der Waals surface area contributed by atoms with Crippen molar-refractivity contribution in [1.82, 2.24) is 5.32 Å². The lowest BCUT2D eigenvalue weighted by atomic mass is 9.89. The van der Waals surface area contributed by atoms with Crippen LogP contribution in [0.15, 0.2) is 22.7 Å². The van der Waals surface area contributed by atoms with Crippen molar-refractivity contribution in [1.29, 1.82) is 0 Å². The molecule has 0 bridgehead atoms. The van der Waals surface area contributed by atoms with Gasteiger partial charge in [-0.15, -0.1) is 0 Å². The van der Waals surface area contributed by atoms with Gasteiger partial charge in [0, 0.05) is 13.1 Å². The van der Waals surface area contributed by atoms with Gasteiger partial charge in [-0.2, -0.15) is 0 Å². The Morgan fingerprint density at radius 3 is 2.71 bits per heavy atom. The van der Waals surface area contributed by atoms with E-state index in [-0.39, 0.29) is 5.82 Å². The molecule has 0 heterocycles. The second-order valence-corrected chi connectivity index (χ2v) is 6.22. The lowest BCUT2D eigenvalue weighted by molar-refractivity contribution is 0.314. The summed E-state index contributed by atoms with van der Waals surface area (Å²) < 4.78 is 13.6. The average molecular weight is 300 g/mol. The molecule has 0 unspecified atom stereocenters. The minimum Gasteiger partial charge on any atom is -0.312 e. The van der Waals surface area contributed by atoms with Crippen LogP contribution >= 0.6 is 15.9 Å². The molecule has 0 spiro atoms. The van der Waals surface area contributed by atoms with Crippen LogP contribution < -0.4 is 5.32 Å². The molecule has 0 amide bonds. The highest BCUT2D eigenvalue weighted by Gasteiger charge is 2.27. The highest BCUT2D eigenvalue weighted by molar-refractivity contribution is 9.10. The van der Waals surface area contributed by atoms with Crippen LogP contribution in [0.2, 0.25) is 0 Å². The molecule has 1 aromatic rings. The van der Waals surface area contributed by atoms with E-state index in [1.165, 1.54) is 31.7 Å². The molecular formula is C14H19BrFN. The van der Waals surface area contributed by atoms with Crippen molar-refractivity contribution in [2.75, 3.05) is 6.54 Å². The molecule has 1 fully saturated rings. The third-order valence-electron chi connectivity index (χ3n) is 3.68. The Morgan fingerprint density at radius 1 is 1.35 bits per heavy atom. The summed E-state index contributed by atoms with van der Waals surface area (Å²) in [7, 11) is 0. The van der Waals surface area contributed by atoms with Crippen LogP contribution in [0.4, 0.5) is 4.39 Å². The first-order valence-electron chi connectivity index (χ1n) is 6.24. The summed E-state index contributed by atoms with van der Waals surface area (Å²) >= 11 is 3.21. The van der Waals surface area contributed by atoms with E-state index in [2.05, 4.69) is 28.2 Å². The van der Waals surface area contributed by atoms with Crippen molar-refractivity contribution in [2.24, 2.45) is 5.41 Å². The van der Waals surface area contributed by atoms with E-state index >= 15 is 0 Å². The Morgan fingerprint density at radius 2 is 2.06 bits per heavy atom. The first kappa shape index (κ1) is 13.0. The maximum atomic E-state index is 13.1. The van der Waals surface area contributed by atoms with Crippen LogP contribution in [0.25, 0.3) is 0 Å². The van der Waals surface area contributed by atoms with Gasteiger partial charge in [0.1, 0.15) is 5.82 Å². The highest BCUT2D eigenvalue weighted by atomic mass is 79.9.